The molecule has 22 aromatic carbocycles. The summed E-state index contributed by atoms with van der Waals surface area (Å²) in [7, 11) is 0. The largest absolute Gasteiger partial charge is 0.356 e. The van der Waals surface area contributed by atoms with Gasteiger partial charge in [-0.25, -0.2) is 0 Å². The van der Waals surface area contributed by atoms with Gasteiger partial charge >= 0.3 is 0 Å². The van der Waals surface area contributed by atoms with Gasteiger partial charge in [0.2, 0.25) is 0 Å². The summed E-state index contributed by atoms with van der Waals surface area (Å²) in [5.41, 5.74) is 25.0. The van der Waals surface area contributed by atoms with Gasteiger partial charge in [-0.15, -0.1) is 0 Å². The van der Waals surface area contributed by atoms with E-state index in [1.165, 1.54) is 170 Å². The zero-order valence-corrected chi connectivity index (χ0v) is 66.5. The predicted octanol–water partition coefficient (Wildman–Crippen LogP) is 34.9. The third-order valence-corrected chi connectivity index (χ3v) is 23.4. The molecule has 0 fully saturated rings. The lowest BCUT2D eigenvalue weighted by atomic mass is 9.85. The molecular formula is C118H88ClFN2. The van der Waals surface area contributed by atoms with Crippen LogP contribution in [0.5, 0.6) is 0 Å². The summed E-state index contributed by atoms with van der Waals surface area (Å²) >= 11 is 6.36. The first-order valence-corrected chi connectivity index (χ1v) is 41.1. The van der Waals surface area contributed by atoms with Crippen LogP contribution in [0.2, 0.25) is 5.02 Å². The van der Waals surface area contributed by atoms with Crippen LogP contribution in [0.3, 0.4) is 0 Å². The second-order valence-corrected chi connectivity index (χ2v) is 30.7. The zero-order chi connectivity index (χ0) is 79.4. The fourth-order valence-corrected chi connectivity index (χ4v) is 17.9. The summed E-state index contributed by atoms with van der Waals surface area (Å²) in [5.74, 6) is 0. The normalized spacial score (nSPS) is 11.0. The van der Waals surface area contributed by atoms with Gasteiger partial charge in [0.25, 0.3) is 0 Å². The van der Waals surface area contributed by atoms with Gasteiger partial charge in [0.15, 0.2) is 0 Å². The first kappa shape index (κ1) is 79.2. The van der Waals surface area contributed by atoms with Crippen LogP contribution in [0, 0.1) is 0 Å². The molecule has 22 rings (SSSR count). The van der Waals surface area contributed by atoms with Gasteiger partial charge in [0.05, 0.1) is 0 Å². The Balaban J connectivity index is 0.000000142. The Bertz CT molecular complexity index is 7230. The molecule has 1 N–H and O–H groups in total. The van der Waals surface area contributed by atoms with Gasteiger partial charge in [-0.3, -0.25) is 4.70 Å². The van der Waals surface area contributed by atoms with Crippen molar-refractivity contribution in [2.45, 2.75) is 14.9 Å². The van der Waals surface area contributed by atoms with Gasteiger partial charge in [0.1, 0.15) is 0 Å². The Labute approximate surface area is 718 Å². The van der Waals surface area contributed by atoms with Crippen LogP contribution in [-0.2, 0) is 0 Å². The first-order chi connectivity index (χ1) is 59.0. The van der Waals surface area contributed by atoms with Gasteiger partial charge < -0.3 is 10.2 Å². The van der Waals surface area contributed by atoms with Crippen molar-refractivity contribution >= 4 is 126 Å². The third kappa shape index (κ3) is 15.6. The number of hydrogen-bond acceptors (Lipinski definition) is 2. The molecule has 4 heteroatoms. The Morgan fingerprint density at radius 3 is 0.730 bits per heavy atom. The Kier molecular flexibility index (Phi) is 23.1. The molecule has 0 aliphatic carbocycles. The van der Waals surface area contributed by atoms with Crippen LogP contribution in [0.15, 0.2) is 473 Å². The van der Waals surface area contributed by atoms with E-state index in [1.807, 2.05) is 12.1 Å². The van der Waals surface area contributed by atoms with Crippen molar-refractivity contribution in [3.05, 3.63) is 478 Å². The van der Waals surface area contributed by atoms with E-state index < -0.39 is 0 Å². The summed E-state index contributed by atoms with van der Waals surface area (Å²) in [6.07, 6.45) is 0. The molecule has 0 saturated heterocycles. The van der Waals surface area contributed by atoms with Crippen molar-refractivity contribution in [2.24, 2.45) is 0 Å². The summed E-state index contributed by atoms with van der Waals surface area (Å²) in [6.45, 7) is 0. The predicted molar refractivity (Wildman–Crippen MR) is 528 cm³/mol. The lowest BCUT2D eigenvalue weighted by molar-refractivity contribution is 1.11. The van der Waals surface area contributed by atoms with Gasteiger partial charge in [-0.1, -0.05) is 427 Å². The lowest BCUT2D eigenvalue weighted by Crippen LogP contribution is -2.10. The zero-order valence-electron chi connectivity index (χ0n) is 65.8. The van der Waals surface area contributed by atoms with Crippen LogP contribution < -0.4 is 10.2 Å². The maximum Gasteiger partial charge on any atom is 0.0467 e. The first-order valence-electron chi connectivity index (χ1n) is 40.7. The standard InChI is InChI=1S/C58H39N.C32H23N.C26H17Cl.2CH4.FH/c1-2-17-44(18-3-1)57-55-27-10-8-25-53(55)54-26-9-11-28-56(54)58(57)45-21-12-22-48(39-45)59(46-35-31-42(32-36-46)51-29-13-19-40-15-4-6-23-49(40)51)47-37-33-43(34-38-47)52-30-14-20-41-16-5-7-24-50(41)52;1-3-11-29-23(7-1)9-5-13-31(29)25-15-19-27(20-16-25)33-28-21-17-26(18-22-28)32-14-6-10-24-8-2-4-12-30(24)32;27-20-12-8-11-19(17-20)26-24-16-7-5-14-22(24)21-13-4-6-15-23(21)25(26)18-9-2-1-3-10-18;;;/h1-39H;1-22,33H;1-17H;2*1H4;1H. The SMILES string of the molecule is C.C.Clc1cccc(-c2c(-c3ccccc3)c3ccccc3c3ccccc23)c1.F.c1ccc(-c2c(-c3cccc(N(c4ccc(-c5cccc6ccccc56)cc4)c4ccc(-c5cccc6ccccc56)cc4)c3)c3ccccc3c3ccccc23)cc1.c1ccc2c(-c3ccc(Nc4ccc(-c5cccc6ccccc56)cc4)cc3)cccc2c1. The second kappa shape index (κ2) is 35.5. The Morgan fingerprint density at radius 1 is 0.172 bits per heavy atom. The van der Waals surface area contributed by atoms with Crippen LogP contribution in [-0.4, -0.2) is 0 Å². The van der Waals surface area contributed by atoms with E-state index in [9.17, 15) is 0 Å². The van der Waals surface area contributed by atoms with Gasteiger partial charge in [-0.2, -0.15) is 0 Å². The maximum atomic E-state index is 6.36. The molecule has 122 heavy (non-hydrogen) atoms. The smallest absolute Gasteiger partial charge is 0.0467 e. The average molecular weight is 1590 g/mol. The summed E-state index contributed by atoms with van der Waals surface area (Å²) in [5, 5.41) is 24.5. The number of benzene rings is 22. The highest BCUT2D eigenvalue weighted by atomic mass is 35.5. The molecule has 0 spiro atoms. The molecule has 0 amide bonds. The fourth-order valence-electron chi connectivity index (χ4n) is 17.7. The van der Waals surface area contributed by atoms with Crippen LogP contribution in [0.4, 0.5) is 33.1 Å². The van der Waals surface area contributed by atoms with Crippen molar-refractivity contribution in [1.29, 1.82) is 0 Å². The number of nitrogens with one attached hydrogen (secondary N) is 1. The van der Waals surface area contributed by atoms with Gasteiger partial charge in [0, 0.05) is 33.5 Å². The van der Waals surface area contributed by atoms with Gasteiger partial charge in [-0.05, 0) is 248 Å². The minimum Gasteiger partial charge on any atom is -0.356 e. The molecule has 0 radical (unpaired) electrons. The van der Waals surface area contributed by atoms with E-state index in [0.29, 0.717) is 0 Å². The molecule has 0 saturated carbocycles. The van der Waals surface area contributed by atoms with Crippen molar-refractivity contribution in [2.75, 3.05) is 10.2 Å². The summed E-state index contributed by atoms with van der Waals surface area (Å²) < 4.78 is 0. The number of nitrogens with zero attached hydrogens (tertiary/aromatic N) is 1. The molecule has 0 heterocycles. The van der Waals surface area contributed by atoms with E-state index in [2.05, 4.69) is 471 Å². The molecule has 0 aliphatic heterocycles. The average Bonchev–Trinajstić information content (AvgIpc) is 0.736. The van der Waals surface area contributed by atoms with E-state index in [0.717, 1.165) is 39.0 Å². The molecule has 2 nitrogen and oxygen atoms in total. The molecule has 0 atom stereocenters. The minimum atomic E-state index is 0. The number of halogens is 2. The van der Waals surface area contributed by atoms with E-state index >= 15 is 0 Å². The molecule has 0 aliphatic rings. The fraction of sp³-hybridized carbons (Fsp3) is 0.0169. The molecule has 0 unspecified atom stereocenters. The van der Waals surface area contributed by atoms with Crippen molar-refractivity contribution in [1.82, 2.24) is 0 Å². The molecule has 0 bridgehead atoms. The number of hydrogen-bond donors (Lipinski definition) is 1. The lowest BCUT2D eigenvalue weighted by Gasteiger charge is -2.27. The van der Waals surface area contributed by atoms with Crippen LogP contribution >= 0.6 is 11.6 Å². The number of rotatable bonds is 13. The molecule has 0 aromatic heterocycles. The Morgan fingerprint density at radius 2 is 0.410 bits per heavy atom. The van der Waals surface area contributed by atoms with E-state index in [-0.39, 0.29) is 19.6 Å². The Hall–Kier alpha value is -15.3. The van der Waals surface area contributed by atoms with Crippen LogP contribution in [0.1, 0.15) is 14.9 Å². The monoisotopic (exact) mass is 1590 g/mol. The van der Waals surface area contributed by atoms with Crippen molar-refractivity contribution < 1.29 is 4.70 Å². The highest BCUT2D eigenvalue weighted by molar-refractivity contribution is 6.31. The molecular weight excluding hydrogens is 1500 g/mol. The highest BCUT2D eigenvalue weighted by Crippen LogP contribution is 2.49. The van der Waals surface area contributed by atoms with Crippen molar-refractivity contribution in [3.63, 3.8) is 0 Å². The van der Waals surface area contributed by atoms with E-state index in [1.54, 1.807) is 0 Å². The van der Waals surface area contributed by atoms with Crippen LogP contribution in [0.25, 0.3) is 175 Å². The highest BCUT2D eigenvalue weighted by Gasteiger charge is 2.23. The summed E-state index contributed by atoms with van der Waals surface area (Å²) in [6, 6.07) is 170. The molecule has 584 valence electrons. The topological polar surface area (TPSA) is 15.3 Å². The summed E-state index contributed by atoms with van der Waals surface area (Å²) in [4.78, 5) is 2.40. The van der Waals surface area contributed by atoms with Crippen molar-refractivity contribution in [3.8, 4) is 89.0 Å². The third-order valence-electron chi connectivity index (χ3n) is 23.2. The minimum absolute atomic E-state index is 0. The maximum absolute atomic E-state index is 6.36. The number of fused-ring (bicyclic) bond motifs is 10. The van der Waals surface area contributed by atoms with E-state index in [4.69, 9.17) is 11.6 Å². The second-order valence-electron chi connectivity index (χ2n) is 30.3. The number of anilines is 5. The quantitative estimate of drug-likeness (QED) is 0.116. The molecule has 22 aromatic rings.